The second-order valence-electron chi connectivity index (χ2n) is 6.16. The van der Waals surface area contributed by atoms with Crippen molar-refractivity contribution in [1.29, 1.82) is 0 Å². The number of aryl methyl sites for hydroxylation is 1. The molecule has 0 aromatic heterocycles. The number of fused-ring (bicyclic) bond motifs is 1. The molecule has 0 atom stereocenters. The molecule has 25 heavy (non-hydrogen) atoms. The first kappa shape index (κ1) is 17.1. The van der Waals surface area contributed by atoms with Gasteiger partial charge >= 0.3 is 0 Å². The van der Waals surface area contributed by atoms with Gasteiger partial charge in [-0.25, -0.2) is 4.39 Å². The lowest BCUT2D eigenvalue weighted by Gasteiger charge is -2.11. The van der Waals surface area contributed by atoms with Crippen LogP contribution in [0.5, 0.6) is 0 Å². The van der Waals surface area contributed by atoms with Gasteiger partial charge in [-0.05, 0) is 52.1 Å². The number of amides is 1. The lowest BCUT2D eigenvalue weighted by Crippen LogP contribution is -2.25. The molecule has 3 aromatic rings. The van der Waals surface area contributed by atoms with Crippen molar-refractivity contribution >= 4 is 16.7 Å². The summed E-state index contributed by atoms with van der Waals surface area (Å²) in [6.45, 7) is 2.70. The molecule has 0 aliphatic rings. The normalized spacial score (nSPS) is 10.8. The highest BCUT2D eigenvalue weighted by atomic mass is 19.1. The highest BCUT2D eigenvalue weighted by Gasteiger charge is 2.10. The van der Waals surface area contributed by atoms with Gasteiger partial charge in [0, 0.05) is 13.1 Å². The predicted molar refractivity (Wildman–Crippen MR) is 98.5 cm³/mol. The van der Waals surface area contributed by atoms with Crippen LogP contribution < -0.4 is 11.1 Å². The molecule has 0 heterocycles. The van der Waals surface area contributed by atoms with Crippen molar-refractivity contribution in [3.8, 4) is 0 Å². The average molecular weight is 336 g/mol. The third-order valence-corrected chi connectivity index (χ3v) is 4.46. The number of hydrogen-bond acceptors (Lipinski definition) is 2. The minimum atomic E-state index is -0.265. The maximum absolute atomic E-state index is 13.1. The van der Waals surface area contributed by atoms with Gasteiger partial charge in [-0.1, -0.05) is 42.5 Å². The van der Waals surface area contributed by atoms with Crippen molar-refractivity contribution < 1.29 is 9.18 Å². The molecule has 0 radical (unpaired) electrons. The minimum Gasteiger partial charge on any atom is -0.352 e. The zero-order chi connectivity index (χ0) is 17.8. The Balaban J connectivity index is 1.74. The Morgan fingerprint density at radius 2 is 1.64 bits per heavy atom. The maximum atomic E-state index is 13.1. The van der Waals surface area contributed by atoms with Crippen molar-refractivity contribution in [3.63, 3.8) is 0 Å². The third kappa shape index (κ3) is 3.86. The molecule has 0 aliphatic carbocycles. The van der Waals surface area contributed by atoms with Crippen molar-refractivity contribution in [1.82, 2.24) is 5.32 Å². The van der Waals surface area contributed by atoms with E-state index in [1.54, 1.807) is 6.07 Å². The molecule has 3 rings (SSSR count). The number of carbonyl (C=O) groups excluding carboxylic acids is 1. The third-order valence-electron chi connectivity index (χ3n) is 4.46. The van der Waals surface area contributed by atoms with E-state index in [0.29, 0.717) is 19.5 Å². The van der Waals surface area contributed by atoms with Gasteiger partial charge in [-0.15, -0.1) is 0 Å². The van der Waals surface area contributed by atoms with E-state index in [9.17, 15) is 9.18 Å². The van der Waals surface area contributed by atoms with Crippen molar-refractivity contribution in [3.05, 3.63) is 82.7 Å². The molecule has 1 amide bonds. The van der Waals surface area contributed by atoms with E-state index in [1.165, 1.54) is 12.1 Å². The van der Waals surface area contributed by atoms with E-state index in [4.69, 9.17) is 5.73 Å². The fourth-order valence-corrected chi connectivity index (χ4v) is 3.04. The number of rotatable bonds is 5. The Bertz CT molecular complexity index is 921. The topological polar surface area (TPSA) is 55.1 Å². The van der Waals surface area contributed by atoms with E-state index in [2.05, 4.69) is 5.32 Å². The second kappa shape index (κ2) is 7.45. The molecule has 3 nitrogen and oxygen atoms in total. The first-order valence-electron chi connectivity index (χ1n) is 8.30. The van der Waals surface area contributed by atoms with Gasteiger partial charge in [0.25, 0.3) is 0 Å². The van der Waals surface area contributed by atoms with Crippen LogP contribution in [0.2, 0.25) is 0 Å². The van der Waals surface area contributed by atoms with Crippen LogP contribution in [0.3, 0.4) is 0 Å². The van der Waals surface area contributed by atoms with Crippen LogP contribution in [0.1, 0.15) is 22.3 Å². The number of nitrogens with two attached hydrogens (primary N) is 1. The Labute approximate surface area is 146 Å². The fourth-order valence-electron chi connectivity index (χ4n) is 3.04. The van der Waals surface area contributed by atoms with Gasteiger partial charge in [-0.2, -0.15) is 0 Å². The Kier molecular flexibility index (Phi) is 5.10. The van der Waals surface area contributed by atoms with E-state index in [1.807, 2.05) is 43.3 Å². The highest BCUT2D eigenvalue weighted by Crippen LogP contribution is 2.23. The molecule has 0 unspecified atom stereocenters. The summed E-state index contributed by atoms with van der Waals surface area (Å²) in [5, 5.41) is 5.06. The SMILES string of the molecule is Cc1cc(F)ccc1CNC(=O)Cc1ccc(CN)c2ccccc12. The molecular weight excluding hydrogens is 315 g/mol. The quantitative estimate of drug-likeness (QED) is 0.748. The van der Waals surface area contributed by atoms with Gasteiger partial charge in [0.2, 0.25) is 5.91 Å². The lowest BCUT2D eigenvalue weighted by molar-refractivity contribution is -0.120. The summed E-state index contributed by atoms with van der Waals surface area (Å²) in [4.78, 5) is 12.4. The molecule has 0 saturated heterocycles. The summed E-state index contributed by atoms with van der Waals surface area (Å²) in [6.07, 6.45) is 0.297. The van der Waals surface area contributed by atoms with Crippen LogP contribution in [0.15, 0.2) is 54.6 Å². The summed E-state index contributed by atoms with van der Waals surface area (Å²) in [7, 11) is 0. The number of halogens is 1. The van der Waals surface area contributed by atoms with Crippen molar-refractivity contribution in [2.75, 3.05) is 0 Å². The first-order chi connectivity index (χ1) is 12.1. The van der Waals surface area contributed by atoms with Crippen LogP contribution in [-0.2, 0) is 24.3 Å². The summed E-state index contributed by atoms with van der Waals surface area (Å²) >= 11 is 0. The monoisotopic (exact) mass is 336 g/mol. The van der Waals surface area contributed by atoms with E-state index >= 15 is 0 Å². The molecule has 3 N–H and O–H groups in total. The van der Waals surface area contributed by atoms with Gasteiger partial charge in [0.05, 0.1) is 6.42 Å². The summed E-state index contributed by atoms with van der Waals surface area (Å²) < 4.78 is 13.1. The summed E-state index contributed by atoms with van der Waals surface area (Å²) in [6, 6.07) is 16.5. The Morgan fingerprint density at radius 3 is 2.32 bits per heavy atom. The van der Waals surface area contributed by atoms with Gasteiger partial charge in [0.15, 0.2) is 0 Å². The summed E-state index contributed by atoms with van der Waals surface area (Å²) in [5.41, 5.74) is 9.59. The van der Waals surface area contributed by atoms with E-state index < -0.39 is 0 Å². The average Bonchev–Trinajstić information content (AvgIpc) is 2.61. The molecule has 4 heteroatoms. The van der Waals surface area contributed by atoms with Crippen molar-refractivity contribution in [2.24, 2.45) is 5.73 Å². The standard InChI is InChI=1S/C21H21FN2O/c1-14-10-18(22)9-8-17(14)13-24-21(25)11-15-6-7-16(12-23)20-5-3-2-4-19(15)20/h2-10H,11-13,23H2,1H3,(H,24,25). The molecule has 128 valence electrons. The fraction of sp³-hybridized carbons (Fsp3) is 0.190. The number of carbonyl (C=O) groups is 1. The largest absolute Gasteiger partial charge is 0.352 e. The highest BCUT2D eigenvalue weighted by molar-refractivity contribution is 5.92. The number of hydrogen-bond donors (Lipinski definition) is 2. The molecule has 0 saturated carbocycles. The lowest BCUT2D eigenvalue weighted by atomic mass is 9.97. The van der Waals surface area contributed by atoms with Crippen molar-refractivity contribution in [2.45, 2.75) is 26.4 Å². The zero-order valence-corrected chi connectivity index (χ0v) is 14.2. The number of nitrogens with one attached hydrogen (secondary N) is 1. The molecule has 3 aromatic carbocycles. The van der Waals surface area contributed by atoms with Crippen LogP contribution in [0.25, 0.3) is 10.8 Å². The smallest absolute Gasteiger partial charge is 0.224 e. The van der Waals surface area contributed by atoms with E-state index in [-0.39, 0.29) is 11.7 Å². The predicted octanol–water partition coefficient (Wildman–Crippen LogP) is 3.60. The second-order valence-corrected chi connectivity index (χ2v) is 6.16. The van der Waals surface area contributed by atoms with E-state index in [0.717, 1.165) is 33.0 Å². The first-order valence-corrected chi connectivity index (χ1v) is 8.30. The maximum Gasteiger partial charge on any atom is 0.224 e. The van der Waals surface area contributed by atoms with Gasteiger partial charge in [0.1, 0.15) is 5.82 Å². The Hall–Kier alpha value is -2.72. The van der Waals surface area contributed by atoms with Gasteiger partial charge < -0.3 is 11.1 Å². The minimum absolute atomic E-state index is 0.0608. The molecular formula is C21H21FN2O. The van der Waals surface area contributed by atoms with Gasteiger partial charge in [-0.3, -0.25) is 4.79 Å². The van der Waals surface area contributed by atoms with Crippen LogP contribution in [-0.4, -0.2) is 5.91 Å². The zero-order valence-electron chi connectivity index (χ0n) is 14.2. The molecule has 0 spiro atoms. The number of benzene rings is 3. The van der Waals surface area contributed by atoms with Crippen LogP contribution in [0.4, 0.5) is 4.39 Å². The molecule has 0 bridgehead atoms. The Morgan fingerprint density at radius 1 is 1.00 bits per heavy atom. The molecule has 0 aliphatic heterocycles. The summed E-state index contributed by atoms with van der Waals surface area (Å²) in [5.74, 6) is -0.326. The van der Waals surface area contributed by atoms with Crippen LogP contribution >= 0.6 is 0 Å². The van der Waals surface area contributed by atoms with Crippen LogP contribution in [0, 0.1) is 12.7 Å². The molecule has 0 fully saturated rings.